The van der Waals surface area contributed by atoms with Crippen LogP contribution in [-0.2, 0) is 0 Å². The maximum atomic E-state index is 10.4. The van der Waals surface area contributed by atoms with Gasteiger partial charge in [-0.3, -0.25) is 0 Å². The van der Waals surface area contributed by atoms with Crippen molar-refractivity contribution in [2.24, 2.45) is 0 Å². The van der Waals surface area contributed by atoms with Crippen molar-refractivity contribution in [1.29, 1.82) is 0 Å². The summed E-state index contributed by atoms with van der Waals surface area (Å²) in [6.45, 7) is 11.4. The van der Waals surface area contributed by atoms with E-state index < -0.39 is 5.92 Å². The molecule has 4 heteroatoms. The number of hydrogen-bond donors (Lipinski definition) is 2. The molecule has 0 aromatic heterocycles. The number of rotatable bonds is 3. The van der Waals surface area contributed by atoms with E-state index in [9.17, 15) is 10.2 Å². The van der Waals surface area contributed by atoms with Gasteiger partial charge >= 0.3 is 0 Å². The Balaban J connectivity index is 2.47. The van der Waals surface area contributed by atoms with E-state index in [-0.39, 0.29) is 17.4 Å². The van der Waals surface area contributed by atoms with Gasteiger partial charge in [-0.2, -0.15) is 0 Å². The van der Waals surface area contributed by atoms with Gasteiger partial charge in [0.1, 0.15) is 11.5 Å². The Kier molecular flexibility index (Phi) is 4.92. The van der Waals surface area contributed by atoms with Gasteiger partial charge in [-0.15, -0.1) is 0 Å². The number of aliphatic hydroxyl groups is 2. The Morgan fingerprint density at radius 2 is 1.42 bits per heavy atom. The standard InChI is InChI=1S/C22H20Cl2O2/c1-11-7-5-9-16(23)18(11)22-15-8-6-10-17(24)20(15)12(2)19(13(3)25)21(22)14(4)26/h5-10,12,22,25-26H,3-4H2,1-2H3. The number of benzene rings is 2. The maximum absolute atomic E-state index is 10.4. The third kappa shape index (κ3) is 2.84. The van der Waals surface area contributed by atoms with Crippen molar-refractivity contribution in [2.75, 3.05) is 0 Å². The first kappa shape index (κ1) is 18.6. The first-order valence-electron chi connectivity index (χ1n) is 8.29. The Morgan fingerprint density at radius 1 is 0.885 bits per heavy atom. The van der Waals surface area contributed by atoms with Crippen molar-refractivity contribution < 1.29 is 10.2 Å². The summed E-state index contributed by atoms with van der Waals surface area (Å²) in [5.74, 6) is -0.862. The lowest BCUT2D eigenvalue weighted by Crippen LogP contribution is -2.22. The fourth-order valence-electron chi connectivity index (χ4n) is 3.99. The zero-order valence-corrected chi connectivity index (χ0v) is 16.2. The van der Waals surface area contributed by atoms with Crippen molar-refractivity contribution in [3.05, 3.63) is 105 Å². The van der Waals surface area contributed by atoms with Crippen molar-refractivity contribution in [1.82, 2.24) is 0 Å². The Labute approximate surface area is 163 Å². The van der Waals surface area contributed by atoms with Gasteiger partial charge in [0, 0.05) is 33.0 Å². The lowest BCUT2D eigenvalue weighted by Gasteiger charge is -2.36. The van der Waals surface area contributed by atoms with Crippen LogP contribution in [0.25, 0.3) is 0 Å². The molecule has 0 amide bonds. The van der Waals surface area contributed by atoms with Gasteiger partial charge in [0.25, 0.3) is 0 Å². The van der Waals surface area contributed by atoms with Gasteiger partial charge in [-0.25, -0.2) is 0 Å². The fourth-order valence-corrected chi connectivity index (χ4v) is 4.66. The molecule has 1 aliphatic rings. The highest BCUT2D eigenvalue weighted by molar-refractivity contribution is 6.32. The molecule has 0 spiro atoms. The van der Waals surface area contributed by atoms with E-state index in [0.717, 1.165) is 22.3 Å². The van der Waals surface area contributed by atoms with Crippen LogP contribution in [0.5, 0.6) is 0 Å². The maximum Gasteiger partial charge on any atom is 0.113 e. The van der Waals surface area contributed by atoms with E-state index >= 15 is 0 Å². The number of allylic oxidation sites excluding steroid dienone is 2. The molecular weight excluding hydrogens is 367 g/mol. The summed E-state index contributed by atoms with van der Waals surface area (Å²) < 4.78 is 0. The molecule has 0 aliphatic heterocycles. The number of halogens is 2. The van der Waals surface area contributed by atoms with Crippen molar-refractivity contribution >= 4 is 23.2 Å². The summed E-state index contributed by atoms with van der Waals surface area (Å²) in [6, 6.07) is 11.3. The first-order valence-corrected chi connectivity index (χ1v) is 9.05. The van der Waals surface area contributed by atoms with Crippen LogP contribution < -0.4 is 0 Å². The monoisotopic (exact) mass is 386 g/mol. The quantitative estimate of drug-likeness (QED) is 0.557. The molecule has 2 N–H and O–H groups in total. The van der Waals surface area contributed by atoms with Crippen molar-refractivity contribution in [2.45, 2.75) is 25.7 Å². The molecule has 2 atom stereocenters. The summed E-state index contributed by atoms with van der Waals surface area (Å²) in [5.41, 5.74) is 4.72. The van der Waals surface area contributed by atoms with Crippen LogP contribution in [0, 0.1) is 6.92 Å². The lowest BCUT2D eigenvalue weighted by molar-refractivity contribution is 0.396. The molecule has 0 heterocycles. The number of fused-ring (bicyclic) bond motifs is 1. The molecule has 2 aromatic rings. The van der Waals surface area contributed by atoms with Crippen LogP contribution in [0.4, 0.5) is 0 Å². The molecule has 2 nitrogen and oxygen atoms in total. The van der Waals surface area contributed by atoms with Crippen LogP contribution in [-0.4, -0.2) is 10.2 Å². The third-order valence-corrected chi connectivity index (χ3v) is 5.68. The Hall–Kier alpha value is -2.16. The zero-order valence-electron chi connectivity index (χ0n) is 14.7. The third-order valence-electron chi connectivity index (χ3n) is 5.02. The molecule has 0 bridgehead atoms. The minimum absolute atomic E-state index is 0.108. The summed E-state index contributed by atoms with van der Waals surface area (Å²) in [4.78, 5) is 0. The minimum Gasteiger partial charge on any atom is -0.508 e. The molecule has 0 radical (unpaired) electrons. The summed E-state index contributed by atoms with van der Waals surface area (Å²) >= 11 is 13.1. The Bertz CT molecular complexity index is 936. The molecule has 134 valence electrons. The van der Waals surface area contributed by atoms with Crippen molar-refractivity contribution in [3.8, 4) is 0 Å². The average molecular weight is 387 g/mol. The topological polar surface area (TPSA) is 40.5 Å². The number of hydrogen-bond acceptors (Lipinski definition) is 2. The van der Waals surface area contributed by atoms with Crippen LogP contribution in [0.1, 0.15) is 41.0 Å². The summed E-state index contributed by atoms with van der Waals surface area (Å²) in [7, 11) is 0. The van der Waals surface area contributed by atoms with Crippen LogP contribution in [0.15, 0.2) is 72.2 Å². The average Bonchev–Trinajstić information content (AvgIpc) is 2.55. The molecule has 0 fully saturated rings. The SMILES string of the molecule is C=C(O)C1=C(C(=C)O)C(c2c(C)cccc2Cl)c2cccc(Cl)c2C1C. The fraction of sp³-hybridized carbons (Fsp3) is 0.182. The van der Waals surface area contributed by atoms with Crippen LogP contribution in [0.2, 0.25) is 10.0 Å². The second-order valence-corrected chi connectivity index (χ2v) is 7.40. The number of aryl methyl sites for hydroxylation is 1. The molecule has 0 saturated carbocycles. The van der Waals surface area contributed by atoms with Gasteiger partial charge in [-0.1, -0.05) is 67.5 Å². The lowest BCUT2D eigenvalue weighted by atomic mass is 9.69. The van der Waals surface area contributed by atoms with Crippen LogP contribution in [0.3, 0.4) is 0 Å². The predicted octanol–water partition coefficient (Wildman–Crippen LogP) is 6.99. The van der Waals surface area contributed by atoms with Gasteiger partial charge in [0.2, 0.25) is 0 Å². The molecule has 1 aliphatic carbocycles. The van der Waals surface area contributed by atoms with E-state index in [0.29, 0.717) is 21.2 Å². The van der Waals surface area contributed by atoms with E-state index in [2.05, 4.69) is 13.2 Å². The van der Waals surface area contributed by atoms with E-state index in [1.165, 1.54) is 0 Å². The minimum atomic E-state index is -0.398. The second kappa shape index (κ2) is 6.86. The highest BCUT2D eigenvalue weighted by Crippen LogP contribution is 2.52. The highest BCUT2D eigenvalue weighted by Gasteiger charge is 2.38. The van der Waals surface area contributed by atoms with E-state index in [1.807, 2.05) is 50.2 Å². The normalized spacial score (nSPS) is 19.2. The first-order chi connectivity index (χ1) is 12.3. The largest absolute Gasteiger partial charge is 0.508 e. The molecule has 0 saturated heterocycles. The highest BCUT2D eigenvalue weighted by atomic mass is 35.5. The number of aliphatic hydroxyl groups excluding tert-OH is 2. The van der Waals surface area contributed by atoms with Gasteiger partial charge in [0.05, 0.1) is 0 Å². The predicted molar refractivity (Wildman–Crippen MR) is 108 cm³/mol. The Morgan fingerprint density at radius 3 is 1.96 bits per heavy atom. The van der Waals surface area contributed by atoms with Gasteiger partial charge in [-0.05, 0) is 41.3 Å². The molecule has 2 unspecified atom stereocenters. The molecule has 3 rings (SSSR count). The molecule has 26 heavy (non-hydrogen) atoms. The summed E-state index contributed by atoms with van der Waals surface area (Å²) in [5, 5.41) is 21.9. The van der Waals surface area contributed by atoms with Gasteiger partial charge in [0.15, 0.2) is 0 Å². The smallest absolute Gasteiger partial charge is 0.113 e. The van der Waals surface area contributed by atoms with Crippen LogP contribution >= 0.6 is 23.2 Å². The molecular formula is C22H20Cl2O2. The zero-order chi connectivity index (χ0) is 19.2. The van der Waals surface area contributed by atoms with Crippen molar-refractivity contribution in [3.63, 3.8) is 0 Å². The van der Waals surface area contributed by atoms with Gasteiger partial charge < -0.3 is 10.2 Å². The summed E-state index contributed by atoms with van der Waals surface area (Å²) in [6.07, 6.45) is 0. The molecule has 2 aromatic carbocycles. The van der Waals surface area contributed by atoms with E-state index in [1.54, 1.807) is 0 Å². The second-order valence-electron chi connectivity index (χ2n) is 6.59. The van der Waals surface area contributed by atoms with E-state index in [4.69, 9.17) is 23.2 Å².